The topological polar surface area (TPSA) is 166 Å². The number of benzene rings is 2. The van der Waals surface area contributed by atoms with E-state index in [1.807, 2.05) is 68.4 Å². The van der Waals surface area contributed by atoms with E-state index in [4.69, 9.17) is 23.7 Å². The largest absolute Gasteiger partial charge is 0.491 e. The molecule has 0 aliphatic carbocycles. The third-order valence-corrected chi connectivity index (χ3v) is 7.52. The summed E-state index contributed by atoms with van der Waals surface area (Å²) in [5.41, 5.74) is 0.871. The molecule has 272 valence electrons. The van der Waals surface area contributed by atoms with Crippen LogP contribution in [0.5, 0.6) is 5.75 Å². The molecule has 0 fully saturated rings. The van der Waals surface area contributed by atoms with Crippen molar-refractivity contribution >= 4 is 17.9 Å². The fraction of sp³-hybridized carbons (Fsp3) is 0.583. The molecular formula is C36H54N4O9. The fourth-order valence-electron chi connectivity index (χ4n) is 5.01. The van der Waals surface area contributed by atoms with E-state index in [1.165, 1.54) is 0 Å². The Kier molecular flexibility index (Phi) is 16.8. The van der Waals surface area contributed by atoms with Gasteiger partial charge in [-0.2, -0.15) is 0 Å². The number of rotatable bonds is 6. The highest BCUT2D eigenvalue weighted by atomic mass is 16.6. The van der Waals surface area contributed by atoms with Gasteiger partial charge in [-0.25, -0.2) is 4.79 Å². The normalized spacial score (nSPS) is 21.0. The minimum absolute atomic E-state index is 0.193. The predicted octanol–water partition coefficient (Wildman–Crippen LogP) is 2.34. The Morgan fingerprint density at radius 3 is 2.10 bits per heavy atom. The third-order valence-electron chi connectivity index (χ3n) is 7.52. The zero-order chi connectivity index (χ0) is 35.6. The van der Waals surface area contributed by atoms with E-state index in [2.05, 4.69) is 21.3 Å². The van der Waals surface area contributed by atoms with E-state index in [1.54, 1.807) is 20.8 Å². The summed E-state index contributed by atoms with van der Waals surface area (Å²) in [5, 5.41) is 23.5. The maximum Gasteiger partial charge on any atom is 0.407 e. The zero-order valence-corrected chi connectivity index (χ0v) is 29.4. The second-order valence-electron chi connectivity index (χ2n) is 13.1. The third kappa shape index (κ3) is 15.1. The zero-order valence-electron chi connectivity index (χ0n) is 29.4. The number of alkyl carbamates (subject to hydrolysis) is 1. The molecule has 13 heteroatoms. The number of hydrogen-bond acceptors (Lipinski definition) is 10. The molecule has 2 unspecified atom stereocenters. The quantitative estimate of drug-likeness (QED) is 0.285. The molecule has 49 heavy (non-hydrogen) atoms. The summed E-state index contributed by atoms with van der Waals surface area (Å²) >= 11 is 0. The van der Waals surface area contributed by atoms with Crippen molar-refractivity contribution in [3.8, 4) is 5.75 Å². The van der Waals surface area contributed by atoms with Crippen LogP contribution >= 0.6 is 0 Å². The van der Waals surface area contributed by atoms with Gasteiger partial charge < -0.3 is 44.7 Å². The van der Waals surface area contributed by atoms with Crippen LogP contribution in [-0.2, 0) is 41.5 Å². The summed E-state index contributed by atoms with van der Waals surface area (Å²) in [6.45, 7) is 11.9. The van der Waals surface area contributed by atoms with E-state index < -0.39 is 41.8 Å². The summed E-state index contributed by atoms with van der Waals surface area (Å²) in [4.78, 5) is 40.2. The van der Waals surface area contributed by atoms with Crippen molar-refractivity contribution in [2.24, 2.45) is 5.92 Å². The molecule has 2 aliphatic rings. The molecule has 2 aromatic rings. The number of ether oxygens (including phenoxy) is 5. The van der Waals surface area contributed by atoms with Gasteiger partial charge in [-0.1, -0.05) is 56.3 Å². The average Bonchev–Trinajstić information content (AvgIpc) is 3.05. The van der Waals surface area contributed by atoms with Gasteiger partial charge in [-0.3, -0.25) is 14.9 Å². The van der Waals surface area contributed by atoms with Gasteiger partial charge in [0.1, 0.15) is 30.0 Å². The number of carbonyl (C=O) groups is 3. The van der Waals surface area contributed by atoms with Crippen molar-refractivity contribution < 1.29 is 43.2 Å². The summed E-state index contributed by atoms with van der Waals surface area (Å²) in [5.74, 6) is -0.608. The van der Waals surface area contributed by atoms with Crippen molar-refractivity contribution in [1.82, 2.24) is 21.3 Å². The van der Waals surface area contributed by atoms with Crippen LogP contribution in [0.1, 0.15) is 45.7 Å². The van der Waals surface area contributed by atoms with Crippen molar-refractivity contribution in [3.63, 3.8) is 0 Å². The number of aliphatic hydroxyl groups excluding tert-OH is 1. The van der Waals surface area contributed by atoms with Gasteiger partial charge in [0.25, 0.3) is 0 Å². The van der Waals surface area contributed by atoms with E-state index >= 15 is 0 Å². The van der Waals surface area contributed by atoms with Crippen molar-refractivity contribution in [2.75, 3.05) is 52.8 Å². The van der Waals surface area contributed by atoms with Gasteiger partial charge in [-0.05, 0) is 56.4 Å². The van der Waals surface area contributed by atoms with Gasteiger partial charge in [0.2, 0.25) is 11.8 Å². The Labute approximate surface area is 289 Å². The van der Waals surface area contributed by atoms with Crippen LogP contribution in [-0.4, -0.2) is 106 Å². The fourth-order valence-corrected chi connectivity index (χ4v) is 5.01. The van der Waals surface area contributed by atoms with E-state index in [-0.39, 0.29) is 37.9 Å². The summed E-state index contributed by atoms with van der Waals surface area (Å²) < 4.78 is 27.9. The smallest absolute Gasteiger partial charge is 0.407 e. The molecule has 2 aliphatic heterocycles. The lowest BCUT2D eigenvalue weighted by Gasteiger charge is -2.33. The minimum Gasteiger partial charge on any atom is -0.491 e. The summed E-state index contributed by atoms with van der Waals surface area (Å²) in [6.07, 6.45) is -1.95. The van der Waals surface area contributed by atoms with Gasteiger partial charge in [0.15, 0.2) is 0 Å². The molecule has 2 bridgehead atoms. The molecular weight excluding hydrogens is 632 g/mol. The molecule has 0 saturated heterocycles. The Balaban J connectivity index is 1.88. The summed E-state index contributed by atoms with van der Waals surface area (Å²) in [7, 11) is 0. The molecule has 0 aromatic heterocycles. The average molecular weight is 687 g/mol. The van der Waals surface area contributed by atoms with Gasteiger partial charge in [0.05, 0.1) is 51.8 Å². The Morgan fingerprint density at radius 1 is 0.878 bits per heavy atom. The number of carbonyl (C=O) groups excluding carboxylic acids is 3. The first-order chi connectivity index (χ1) is 23.4. The number of nitrogens with one attached hydrogen (secondary N) is 4. The number of aliphatic hydroxyl groups is 1. The van der Waals surface area contributed by atoms with Crippen LogP contribution in [0.4, 0.5) is 4.79 Å². The lowest BCUT2D eigenvalue weighted by molar-refractivity contribution is -0.133. The second kappa shape index (κ2) is 20.7. The molecule has 3 amide bonds. The van der Waals surface area contributed by atoms with Gasteiger partial charge in [-0.15, -0.1) is 0 Å². The van der Waals surface area contributed by atoms with Crippen LogP contribution in [0.25, 0.3) is 0 Å². The number of amides is 3. The summed E-state index contributed by atoms with van der Waals surface area (Å²) in [6, 6.07) is 13.6. The standard InChI is InChI=1S/C36H54N4O9/c1-25(2)30-33(42)37-15-16-45-17-18-46-19-20-47-21-22-48-28-13-11-27(12-14-28)24-38-31(34(43)40-30)32(41)29(23-26-9-7-6-8-10-26)39-35(44)49-36(3,4)5/h6-14,25,29-32,38,41H,15-24H2,1-5H3,(H,37,42)(H,39,44)(H,40,43)/t29-,30?,31+,32?/m0/s1. The maximum atomic E-state index is 14.0. The van der Waals surface area contributed by atoms with Crippen LogP contribution < -0.4 is 26.0 Å². The lowest BCUT2D eigenvalue weighted by Crippen LogP contribution is -2.62. The van der Waals surface area contributed by atoms with Crippen LogP contribution in [0.15, 0.2) is 54.6 Å². The predicted molar refractivity (Wildman–Crippen MR) is 184 cm³/mol. The lowest BCUT2D eigenvalue weighted by atomic mass is 9.94. The monoisotopic (exact) mass is 686 g/mol. The first-order valence-electron chi connectivity index (χ1n) is 16.9. The molecule has 0 radical (unpaired) electrons. The first-order valence-corrected chi connectivity index (χ1v) is 16.9. The van der Waals surface area contributed by atoms with Crippen LogP contribution in [0, 0.1) is 5.92 Å². The maximum absolute atomic E-state index is 14.0. The Hall–Kier alpha value is -3.75. The Morgan fingerprint density at radius 2 is 1.49 bits per heavy atom. The molecule has 4 atom stereocenters. The molecule has 2 aromatic carbocycles. The van der Waals surface area contributed by atoms with E-state index in [9.17, 15) is 19.5 Å². The molecule has 13 nitrogen and oxygen atoms in total. The van der Waals surface area contributed by atoms with Crippen molar-refractivity contribution in [1.29, 1.82) is 0 Å². The molecule has 2 heterocycles. The van der Waals surface area contributed by atoms with E-state index in [0.717, 1.165) is 11.1 Å². The van der Waals surface area contributed by atoms with Crippen molar-refractivity contribution in [3.05, 3.63) is 65.7 Å². The molecule has 0 saturated carbocycles. The minimum atomic E-state index is -1.43. The molecule has 5 N–H and O–H groups in total. The highest BCUT2D eigenvalue weighted by Gasteiger charge is 2.37. The van der Waals surface area contributed by atoms with Gasteiger partial charge in [0, 0.05) is 13.1 Å². The van der Waals surface area contributed by atoms with E-state index in [0.29, 0.717) is 45.4 Å². The van der Waals surface area contributed by atoms with Crippen LogP contribution in [0.2, 0.25) is 0 Å². The highest BCUT2D eigenvalue weighted by molar-refractivity contribution is 5.90. The van der Waals surface area contributed by atoms with Crippen LogP contribution in [0.3, 0.4) is 0 Å². The molecule has 4 rings (SSSR count). The number of hydrogen-bond donors (Lipinski definition) is 5. The second-order valence-corrected chi connectivity index (χ2v) is 13.1. The highest BCUT2D eigenvalue weighted by Crippen LogP contribution is 2.16. The first kappa shape index (κ1) is 39.7. The SMILES string of the molecule is CC(C)C1NC(=O)[C@@H](C(O)[C@H](Cc2ccccc2)NC(=O)OC(C)(C)C)NCc2ccc(cc2)OCCOCCOCCOCCNC1=O. The van der Waals surface area contributed by atoms with Gasteiger partial charge >= 0.3 is 6.09 Å². The number of fused-ring (bicyclic) bond motifs is 21. The van der Waals surface area contributed by atoms with Crippen molar-refractivity contribution in [2.45, 2.75) is 77.4 Å². The molecule has 0 spiro atoms. The Bertz CT molecular complexity index is 1270.